The van der Waals surface area contributed by atoms with Crippen molar-refractivity contribution in [3.8, 4) is 0 Å². The minimum atomic E-state index is -0.173. The average molecular weight is 437 g/mol. The number of hydrogen-bond acceptors (Lipinski definition) is 0. The monoisotopic (exact) mass is 434 g/mol. The molecule has 0 spiro atoms. The zero-order chi connectivity index (χ0) is 13.3. The summed E-state index contributed by atoms with van der Waals surface area (Å²) in [5.74, 6) is -0.173. The molecule has 2 aromatic carbocycles. The molecule has 0 N–H and O–H groups in total. The van der Waals surface area contributed by atoms with E-state index in [9.17, 15) is 4.39 Å². The molecule has 0 amide bonds. The number of aryl methyl sites for hydroxylation is 1. The predicted molar refractivity (Wildman–Crippen MR) is 83.7 cm³/mol. The smallest absolute Gasteiger partial charge is 0.126 e. The van der Waals surface area contributed by atoms with Crippen molar-refractivity contribution < 1.29 is 4.39 Å². The number of halogens is 4. The fourth-order valence-corrected chi connectivity index (χ4v) is 3.98. The first-order valence-corrected chi connectivity index (χ1v) is 7.84. The van der Waals surface area contributed by atoms with Gasteiger partial charge in [-0.1, -0.05) is 66.0 Å². The van der Waals surface area contributed by atoms with Gasteiger partial charge in [-0.15, -0.1) is 0 Å². The van der Waals surface area contributed by atoms with Gasteiger partial charge < -0.3 is 0 Å². The van der Waals surface area contributed by atoms with E-state index in [-0.39, 0.29) is 10.6 Å². The van der Waals surface area contributed by atoms with Gasteiger partial charge in [0.25, 0.3) is 0 Å². The van der Waals surface area contributed by atoms with Crippen molar-refractivity contribution in [3.05, 3.63) is 67.9 Å². The highest BCUT2D eigenvalue weighted by Gasteiger charge is 2.14. The van der Waals surface area contributed by atoms with Crippen LogP contribution in [0.25, 0.3) is 0 Å². The molecular formula is C14H10Br3F. The molecule has 0 aliphatic rings. The summed E-state index contributed by atoms with van der Waals surface area (Å²) < 4.78 is 15.3. The van der Waals surface area contributed by atoms with Gasteiger partial charge in [-0.05, 0) is 41.8 Å². The Labute approximate surface area is 131 Å². The molecule has 0 saturated heterocycles. The molecule has 0 fully saturated rings. The Morgan fingerprint density at radius 2 is 1.78 bits per heavy atom. The lowest BCUT2D eigenvalue weighted by atomic mass is 10.0. The van der Waals surface area contributed by atoms with Crippen molar-refractivity contribution in [1.82, 2.24) is 0 Å². The van der Waals surface area contributed by atoms with Crippen LogP contribution in [0.4, 0.5) is 4.39 Å². The molecule has 2 aromatic rings. The quantitative estimate of drug-likeness (QED) is 0.496. The van der Waals surface area contributed by atoms with Crippen molar-refractivity contribution in [1.29, 1.82) is 0 Å². The van der Waals surface area contributed by atoms with Gasteiger partial charge in [-0.2, -0.15) is 0 Å². The first-order chi connectivity index (χ1) is 8.49. The van der Waals surface area contributed by atoms with Crippen LogP contribution >= 0.6 is 47.8 Å². The standard InChI is InChI=1S/C14H10Br3F/c1-8-6-9(2-5-13(8)18)14(17)11-4-3-10(15)7-12(11)16/h2-7,14H,1H3. The molecular weight excluding hydrogens is 427 g/mol. The average Bonchev–Trinajstić information content (AvgIpc) is 2.32. The summed E-state index contributed by atoms with van der Waals surface area (Å²) in [6, 6.07) is 11.2. The largest absolute Gasteiger partial charge is 0.207 e. The molecule has 0 bridgehead atoms. The second-order valence-electron chi connectivity index (χ2n) is 4.04. The van der Waals surface area contributed by atoms with E-state index in [4.69, 9.17) is 0 Å². The normalized spacial score (nSPS) is 12.5. The molecule has 1 unspecified atom stereocenters. The Hall–Kier alpha value is -0.190. The van der Waals surface area contributed by atoms with Crippen molar-refractivity contribution in [2.45, 2.75) is 11.8 Å². The van der Waals surface area contributed by atoms with E-state index in [2.05, 4.69) is 47.8 Å². The van der Waals surface area contributed by atoms with Crippen molar-refractivity contribution in [2.75, 3.05) is 0 Å². The fraction of sp³-hybridized carbons (Fsp3) is 0.143. The van der Waals surface area contributed by atoms with Gasteiger partial charge in [0, 0.05) is 8.95 Å². The summed E-state index contributed by atoms with van der Waals surface area (Å²) in [5.41, 5.74) is 2.81. The Bertz CT molecular complexity index is 581. The van der Waals surface area contributed by atoms with Crippen molar-refractivity contribution >= 4 is 47.8 Å². The number of benzene rings is 2. The minimum absolute atomic E-state index is 0.0410. The zero-order valence-electron chi connectivity index (χ0n) is 9.55. The highest BCUT2D eigenvalue weighted by molar-refractivity contribution is 9.11. The van der Waals surface area contributed by atoms with Crippen LogP contribution in [0.2, 0.25) is 0 Å². The Balaban J connectivity index is 2.41. The van der Waals surface area contributed by atoms with Crippen LogP contribution in [0.3, 0.4) is 0 Å². The molecule has 0 radical (unpaired) electrons. The lowest BCUT2D eigenvalue weighted by Gasteiger charge is -2.14. The Morgan fingerprint density at radius 3 is 2.39 bits per heavy atom. The van der Waals surface area contributed by atoms with Crippen LogP contribution in [0.5, 0.6) is 0 Å². The molecule has 0 aliphatic heterocycles. The Kier molecular flexibility index (Phi) is 4.62. The summed E-state index contributed by atoms with van der Waals surface area (Å²) in [4.78, 5) is 0.0410. The topological polar surface area (TPSA) is 0 Å². The molecule has 0 saturated carbocycles. The van der Waals surface area contributed by atoms with Crippen LogP contribution < -0.4 is 0 Å². The number of rotatable bonds is 2. The maximum atomic E-state index is 13.3. The summed E-state index contributed by atoms with van der Waals surface area (Å²) in [5, 5.41) is 0. The van der Waals surface area contributed by atoms with E-state index in [1.165, 1.54) is 6.07 Å². The maximum absolute atomic E-state index is 13.3. The maximum Gasteiger partial charge on any atom is 0.126 e. The minimum Gasteiger partial charge on any atom is -0.207 e. The van der Waals surface area contributed by atoms with Crippen LogP contribution in [0.1, 0.15) is 21.5 Å². The predicted octanol–water partition coefficient (Wildman–Crippen LogP) is 6.14. The molecule has 0 nitrogen and oxygen atoms in total. The van der Waals surface area contributed by atoms with E-state index < -0.39 is 0 Å². The highest BCUT2D eigenvalue weighted by Crippen LogP contribution is 2.36. The van der Waals surface area contributed by atoms with Gasteiger partial charge in [0.15, 0.2) is 0 Å². The highest BCUT2D eigenvalue weighted by atomic mass is 79.9. The van der Waals surface area contributed by atoms with Gasteiger partial charge >= 0.3 is 0 Å². The summed E-state index contributed by atoms with van der Waals surface area (Å²) in [6.07, 6.45) is 0. The van der Waals surface area contributed by atoms with Gasteiger partial charge in [-0.25, -0.2) is 4.39 Å². The van der Waals surface area contributed by atoms with Crippen LogP contribution in [-0.2, 0) is 0 Å². The van der Waals surface area contributed by atoms with E-state index in [1.807, 2.05) is 24.3 Å². The second-order valence-corrected chi connectivity index (χ2v) is 6.72. The lowest BCUT2D eigenvalue weighted by molar-refractivity contribution is 0.617. The van der Waals surface area contributed by atoms with E-state index in [0.717, 1.165) is 20.1 Å². The fourth-order valence-electron chi connectivity index (χ4n) is 1.71. The van der Waals surface area contributed by atoms with Crippen molar-refractivity contribution in [2.24, 2.45) is 0 Å². The van der Waals surface area contributed by atoms with Gasteiger partial charge in [0.1, 0.15) is 5.82 Å². The summed E-state index contributed by atoms with van der Waals surface area (Å²) in [6.45, 7) is 1.77. The van der Waals surface area contributed by atoms with Crippen LogP contribution in [0, 0.1) is 12.7 Å². The molecule has 2 rings (SSSR count). The number of hydrogen-bond donors (Lipinski definition) is 0. The zero-order valence-corrected chi connectivity index (χ0v) is 14.3. The molecule has 0 aliphatic carbocycles. The summed E-state index contributed by atoms with van der Waals surface area (Å²) in [7, 11) is 0. The molecule has 94 valence electrons. The molecule has 4 heteroatoms. The van der Waals surface area contributed by atoms with E-state index in [0.29, 0.717) is 5.56 Å². The van der Waals surface area contributed by atoms with Crippen molar-refractivity contribution in [3.63, 3.8) is 0 Å². The third-order valence-electron chi connectivity index (χ3n) is 2.71. The van der Waals surface area contributed by atoms with Gasteiger partial charge in [-0.3, -0.25) is 0 Å². The first kappa shape index (κ1) is 14.2. The van der Waals surface area contributed by atoms with E-state index >= 15 is 0 Å². The molecule has 1 atom stereocenters. The van der Waals surface area contributed by atoms with E-state index in [1.54, 1.807) is 13.0 Å². The third kappa shape index (κ3) is 3.03. The molecule has 0 heterocycles. The van der Waals surface area contributed by atoms with Crippen LogP contribution in [-0.4, -0.2) is 0 Å². The third-order valence-corrected chi connectivity index (χ3v) is 4.91. The molecule has 0 aromatic heterocycles. The SMILES string of the molecule is Cc1cc(C(Br)c2ccc(Br)cc2Br)ccc1F. The lowest BCUT2D eigenvalue weighted by Crippen LogP contribution is -1.96. The number of alkyl halides is 1. The van der Waals surface area contributed by atoms with Gasteiger partial charge in [0.2, 0.25) is 0 Å². The van der Waals surface area contributed by atoms with Crippen LogP contribution in [0.15, 0.2) is 45.3 Å². The van der Waals surface area contributed by atoms with Gasteiger partial charge in [0.05, 0.1) is 4.83 Å². The Morgan fingerprint density at radius 1 is 1.06 bits per heavy atom. The first-order valence-electron chi connectivity index (χ1n) is 5.34. The second kappa shape index (κ2) is 5.85. The summed E-state index contributed by atoms with van der Waals surface area (Å²) >= 11 is 10.6. The molecule has 18 heavy (non-hydrogen) atoms.